The molecule has 0 aliphatic heterocycles. The van der Waals surface area contributed by atoms with Crippen LogP contribution in [0, 0.1) is 5.92 Å². The van der Waals surface area contributed by atoms with E-state index >= 15 is 0 Å². The van der Waals surface area contributed by atoms with Crippen LogP contribution in [0.3, 0.4) is 0 Å². The number of aromatic nitrogens is 4. The molecule has 4 N–H and O–H groups in total. The lowest BCUT2D eigenvalue weighted by atomic mass is 10.0. The fourth-order valence-corrected chi connectivity index (χ4v) is 2.88. The molecule has 0 unspecified atom stereocenters. The highest BCUT2D eigenvalue weighted by molar-refractivity contribution is 7.15. The first-order valence-corrected chi connectivity index (χ1v) is 6.92. The lowest BCUT2D eigenvalue weighted by Gasteiger charge is -2.06. The van der Waals surface area contributed by atoms with Crippen molar-refractivity contribution < 1.29 is 0 Å². The summed E-state index contributed by atoms with van der Waals surface area (Å²) in [7, 11) is 0. The monoisotopic (exact) mass is 270 g/mol. The largest absolute Gasteiger partial charge is 0.374 e. The number of rotatable bonds is 5. The molecule has 0 saturated carbocycles. The molecule has 0 radical (unpaired) electrons. The molecule has 2 aromatic rings. The summed E-state index contributed by atoms with van der Waals surface area (Å²) in [6, 6.07) is 0. The van der Waals surface area contributed by atoms with Gasteiger partial charge in [0.25, 0.3) is 0 Å². The van der Waals surface area contributed by atoms with Gasteiger partial charge in [-0.2, -0.15) is 0 Å². The first-order valence-electron chi connectivity index (χ1n) is 5.29. The van der Waals surface area contributed by atoms with Crippen LogP contribution in [0.2, 0.25) is 0 Å². The van der Waals surface area contributed by atoms with Crippen molar-refractivity contribution in [2.75, 3.05) is 11.5 Å². The summed E-state index contributed by atoms with van der Waals surface area (Å²) >= 11 is 2.90. The minimum Gasteiger partial charge on any atom is -0.374 e. The molecular formula is C9H14N6S2. The second kappa shape index (κ2) is 5.37. The molecule has 17 heavy (non-hydrogen) atoms. The van der Waals surface area contributed by atoms with E-state index in [1.54, 1.807) is 0 Å². The normalized spacial score (nSPS) is 12.8. The molecule has 0 aromatic carbocycles. The Balaban J connectivity index is 1.79. The number of hydrogen-bond acceptors (Lipinski definition) is 8. The molecule has 6 nitrogen and oxygen atoms in total. The highest BCUT2D eigenvalue weighted by Gasteiger charge is 2.10. The van der Waals surface area contributed by atoms with Crippen LogP contribution >= 0.6 is 22.7 Å². The number of nitrogens with two attached hydrogens (primary N) is 2. The molecule has 92 valence electrons. The zero-order valence-corrected chi connectivity index (χ0v) is 11.1. The minimum atomic E-state index is 0.521. The number of aryl methyl sites for hydroxylation is 1. The molecular weight excluding hydrogens is 256 g/mol. The number of hydrogen-bond donors (Lipinski definition) is 2. The van der Waals surface area contributed by atoms with E-state index in [9.17, 15) is 0 Å². The fraction of sp³-hybridized carbons (Fsp3) is 0.556. The Labute approximate surface area is 107 Å². The van der Waals surface area contributed by atoms with Crippen LogP contribution < -0.4 is 11.5 Å². The van der Waals surface area contributed by atoms with Gasteiger partial charge < -0.3 is 11.5 Å². The molecule has 0 aliphatic rings. The van der Waals surface area contributed by atoms with Crippen LogP contribution in [0.5, 0.6) is 0 Å². The Morgan fingerprint density at radius 1 is 1.00 bits per heavy atom. The average Bonchev–Trinajstić information content (AvgIpc) is 2.85. The molecule has 0 bridgehead atoms. The van der Waals surface area contributed by atoms with Gasteiger partial charge >= 0.3 is 0 Å². The molecule has 8 heteroatoms. The van der Waals surface area contributed by atoms with Crippen molar-refractivity contribution in [2.45, 2.75) is 26.2 Å². The van der Waals surface area contributed by atoms with Gasteiger partial charge in [0.15, 0.2) is 0 Å². The third kappa shape index (κ3) is 3.60. The van der Waals surface area contributed by atoms with E-state index in [1.165, 1.54) is 22.7 Å². The van der Waals surface area contributed by atoms with Crippen molar-refractivity contribution in [3.8, 4) is 0 Å². The van der Waals surface area contributed by atoms with Crippen molar-refractivity contribution >= 4 is 32.9 Å². The zero-order valence-electron chi connectivity index (χ0n) is 9.46. The molecule has 0 saturated heterocycles. The smallest absolute Gasteiger partial charge is 0.203 e. The minimum absolute atomic E-state index is 0.521. The van der Waals surface area contributed by atoms with Crippen LogP contribution in [0.15, 0.2) is 0 Å². The van der Waals surface area contributed by atoms with Crippen molar-refractivity contribution in [2.24, 2.45) is 5.92 Å². The van der Waals surface area contributed by atoms with Crippen LogP contribution in [0.1, 0.15) is 23.4 Å². The SMILES string of the molecule is C[C@@H](CCc1nnc(N)s1)Cc1nnc(N)s1. The van der Waals surface area contributed by atoms with E-state index < -0.39 is 0 Å². The maximum Gasteiger partial charge on any atom is 0.203 e. The van der Waals surface area contributed by atoms with Crippen molar-refractivity contribution in [1.82, 2.24) is 20.4 Å². The van der Waals surface area contributed by atoms with Gasteiger partial charge in [-0.15, -0.1) is 20.4 Å². The standard InChI is InChI=1S/C9H14N6S2/c1-5(4-7-13-15-9(11)17-7)2-3-6-12-14-8(10)16-6/h5H,2-4H2,1H3,(H2,10,14)(H2,11,15)/t5-/m0/s1. The molecule has 2 rings (SSSR count). The number of nitrogens with zero attached hydrogens (tertiary/aromatic N) is 4. The van der Waals surface area contributed by atoms with E-state index in [0.29, 0.717) is 16.2 Å². The van der Waals surface area contributed by atoms with Crippen LogP contribution in [0.25, 0.3) is 0 Å². The summed E-state index contributed by atoms with van der Waals surface area (Å²) in [5, 5.41) is 18.6. The summed E-state index contributed by atoms with van der Waals surface area (Å²) in [6.45, 7) is 2.18. The van der Waals surface area contributed by atoms with Gasteiger partial charge in [-0.05, 0) is 12.3 Å². The van der Waals surface area contributed by atoms with Gasteiger partial charge in [0, 0.05) is 12.8 Å². The van der Waals surface area contributed by atoms with E-state index in [1.807, 2.05) is 0 Å². The molecule has 0 aliphatic carbocycles. The quantitative estimate of drug-likeness (QED) is 0.850. The first kappa shape index (κ1) is 12.2. The summed E-state index contributed by atoms with van der Waals surface area (Å²) in [5.74, 6) is 0.521. The fourth-order valence-electron chi connectivity index (χ4n) is 1.49. The van der Waals surface area contributed by atoms with Crippen molar-refractivity contribution in [1.29, 1.82) is 0 Å². The molecule has 0 fully saturated rings. The van der Waals surface area contributed by atoms with Crippen LogP contribution in [-0.2, 0) is 12.8 Å². The zero-order chi connectivity index (χ0) is 12.3. The van der Waals surface area contributed by atoms with Gasteiger partial charge in [0.2, 0.25) is 10.3 Å². The highest BCUT2D eigenvalue weighted by Crippen LogP contribution is 2.20. The van der Waals surface area contributed by atoms with Gasteiger partial charge in [0.1, 0.15) is 10.0 Å². The summed E-state index contributed by atoms with van der Waals surface area (Å²) in [4.78, 5) is 0. The van der Waals surface area contributed by atoms with Gasteiger partial charge in [0.05, 0.1) is 0 Å². The molecule has 0 spiro atoms. The summed E-state index contributed by atoms with van der Waals surface area (Å²) in [5.41, 5.74) is 11.1. The lowest BCUT2D eigenvalue weighted by molar-refractivity contribution is 0.525. The van der Waals surface area contributed by atoms with Crippen molar-refractivity contribution in [3.05, 3.63) is 10.0 Å². The predicted molar refractivity (Wildman–Crippen MR) is 69.8 cm³/mol. The molecule has 1 atom stereocenters. The summed E-state index contributed by atoms with van der Waals surface area (Å²) in [6.07, 6.45) is 2.85. The maximum atomic E-state index is 5.54. The molecule has 0 amide bonds. The van der Waals surface area contributed by atoms with Crippen LogP contribution in [-0.4, -0.2) is 20.4 Å². The first-order chi connectivity index (χ1) is 8.13. The number of anilines is 2. The Bertz CT molecular complexity index is 479. The molecule has 2 aromatic heterocycles. The van der Waals surface area contributed by atoms with E-state index in [0.717, 1.165) is 29.3 Å². The Hall–Kier alpha value is -1.28. The predicted octanol–water partition coefficient (Wildman–Crippen LogP) is 1.37. The lowest BCUT2D eigenvalue weighted by Crippen LogP contribution is -2.01. The third-order valence-corrected chi connectivity index (χ3v) is 3.93. The van der Waals surface area contributed by atoms with Gasteiger partial charge in [-0.3, -0.25) is 0 Å². The average molecular weight is 270 g/mol. The highest BCUT2D eigenvalue weighted by atomic mass is 32.1. The topological polar surface area (TPSA) is 104 Å². The number of nitrogen functional groups attached to an aromatic ring is 2. The summed E-state index contributed by atoms with van der Waals surface area (Å²) < 4.78 is 0. The van der Waals surface area contributed by atoms with Gasteiger partial charge in [-0.1, -0.05) is 29.6 Å². The molecule has 2 heterocycles. The Morgan fingerprint density at radius 2 is 1.59 bits per heavy atom. The Morgan fingerprint density at radius 3 is 2.12 bits per heavy atom. The second-order valence-corrected chi connectivity index (χ2v) is 6.10. The Kier molecular flexibility index (Phi) is 3.85. The third-order valence-electron chi connectivity index (χ3n) is 2.34. The van der Waals surface area contributed by atoms with Crippen LogP contribution in [0.4, 0.5) is 10.3 Å². The van der Waals surface area contributed by atoms with E-state index in [4.69, 9.17) is 11.5 Å². The van der Waals surface area contributed by atoms with Crippen molar-refractivity contribution in [3.63, 3.8) is 0 Å². The van der Waals surface area contributed by atoms with Gasteiger partial charge in [-0.25, -0.2) is 0 Å². The maximum absolute atomic E-state index is 5.54. The van der Waals surface area contributed by atoms with E-state index in [-0.39, 0.29) is 0 Å². The second-order valence-electron chi connectivity index (χ2n) is 3.92. The van der Waals surface area contributed by atoms with E-state index in [2.05, 4.69) is 27.3 Å².